The molecule has 0 bridgehead atoms. The van der Waals surface area contributed by atoms with Gasteiger partial charge in [0.25, 0.3) is 0 Å². The van der Waals surface area contributed by atoms with Crippen molar-refractivity contribution in [1.82, 2.24) is 10.3 Å². The van der Waals surface area contributed by atoms with Crippen LogP contribution < -0.4 is 10.8 Å². The molecule has 0 aromatic carbocycles. The number of hydrogen-bond donors (Lipinski definition) is 1. The largest absolute Gasteiger partial charge is 0.496 e. The second-order valence-corrected chi connectivity index (χ2v) is 6.44. The highest BCUT2D eigenvalue weighted by Gasteiger charge is 2.51. The monoisotopic (exact) mass is 302 g/mol. The van der Waals surface area contributed by atoms with Gasteiger partial charge in [-0.25, -0.2) is 0 Å². The summed E-state index contributed by atoms with van der Waals surface area (Å²) in [7, 11) is -0.394. The Morgan fingerprint density at radius 3 is 2.41 bits per heavy atom. The van der Waals surface area contributed by atoms with E-state index in [1.165, 1.54) is 6.92 Å². The molecule has 6 heteroatoms. The molecule has 0 aliphatic carbocycles. The number of pyridine rings is 1. The number of hydrogen-bond acceptors (Lipinski definition) is 4. The van der Waals surface area contributed by atoms with Gasteiger partial charge in [0, 0.05) is 25.1 Å². The zero-order valence-electron chi connectivity index (χ0n) is 13.8. The second-order valence-electron chi connectivity index (χ2n) is 6.44. The fourth-order valence-electron chi connectivity index (χ4n) is 2.02. The van der Waals surface area contributed by atoms with E-state index in [1.807, 2.05) is 52.0 Å². The Kier molecular flexibility index (Phi) is 4.73. The predicted octanol–water partition coefficient (Wildman–Crippen LogP) is 1.53. The van der Waals surface area contributed by atoms with E-state index in [-0.39, 0.29) is 17.1 Å². The molecule has 1 aromatic heterocycles. The molecule has 5 nitrogen and oxygen atoms in total. The minimum Gasteiger partial charge on any atom is -0.399 e. The number of carbonyl (C=O) groups is 1. The second kappa shape index (κ2) is 6.22. The van der Waals surface area contributed by atoms with E-state index in [0.717, 1.165) is 11.2 Å². The summed E-state index contributed by atoms with van der Waals surface area (Å²) in [5, 5.41) is 2.70. The third kappa shape index (κ3) is 3.75. The van der Waals surface area contributed by atoms with Crippen molar-refractivity contribution < 1.29 is 14.1 Å². The van der Waals surface area contributed by atoms with Crippen LogP contribution >= 0.6 is 0 Å². The fourth-order valence-corrected chi connectivity index (χ4v) is 2.02. The summed E-state index contributed by atoms with van der Waals surface area (Å²) in [5.41, 5.74) is 1.02. The van der Waals surface area contributed by atoms with Crippen LogP contribution in [0.1, 0.15) is 40.3 Å². The summed E-state index contributed by atoms with van der Waals surface area (Å²) in [5.74, 6) is -0.0475. The average molecular weight is 302 g/mol. The molecule has 1 N–H and O–H groups in total. The van der Waals surface area contributed by atoms with Crippen LogP contribution in [0, 0.1) is 0 Å². The van der Waals surface area contributed by atoms with E-state index < -0.39 is 7.12 Å². The normalized spacial score (nSPS) is 19.6. The Hall–Kier alpha value is -1.66. The molecule has 0 unspecified atom stereocenters. The number of carbonyl (C=O) groups excluding carboxylic acids is 1. The third-order valence-corrected chi connectivity index (χ3v) is 4.09. The summed E-state index contributed by atoms with van der Waals surface area (Å²) in [4.78, 5) is 15.1. The van der Waals surface area contributed by atoms with E-state index in [1.54, 1.807) is 6.20 Å². The van der Waals surface area contributed by atoms with E-state index in [9.17, 15) is 4.79 Å². The Bertz CT molecular complexity index is 551. The molecule has 1 fully saturated rings. The van der Waals surface area contributed by atoms with Crippen molar-refractivity contribution in [3.05, 3.63) is 30.1 Å². The van der Waals surface area contributed by atoms with Crippen LogP contribution in [0.2, 0.25) is 0 Å². The van der Waals surface area contributed by atoms with Crippen LogP contribution in [-0.4, -0.2) is 35.8 Å². The summed E-state index contributed by atoms with van der Waals surface area (Å²) in [6.07, 6.45) is 5.49. The highest BCUT2D eigenvalue weighted by Crippen LogP contribution is 2.36. The lowest BCUT2D eigenvalue weighted by Gasteiger charge is -2.32. The molecule has 1 aliphatic heterocycles. The van der Waals surface area contributed by atoms with E-state index >= 15 is 0 Å². The van der Waals surface area contributed by atoms with Gasteiger partial charge in [-0.15, -0.1) is 0 Å². The molecule has 118 valence electrons. The van der Waals surface area contributed by atoms with E-state index in [0.29, 0.717) is 6.54 Å². The maximum absolute atomic E-state index is 10.8. The Morgan fingerprint density at radius 2 is 1.91 bits per heavy atom. The van der Waals surface area contributed by atoms with Crippen LogP contribution in [0.4, 0.5) is 0 Å². The zero-order chi connectivity index (χ0) is 16.4. The first-order valence-corrected chi connectivity index (χ1v) is 7.44. The van der Waals surface area contributed by atoms with Crippen LogP contribution in [-0.2, 0) is 14.1 Å². The maximum atomic E-state index is 10.8. The van der Waals surface area contributed by atoms with Crippen LogP contribution in [0.15, 0.2) is 24.4 Å². The lowest BCUT2D eigenvalue weighted by atomic mass is 9.80. The van der Waals surface area contributed by atoms with Gasteiger partial charge in [0.2, 0.25) is 5.91 Å². The molecule has 1 aliphatic rings. The van der Waals surface area contributed by atoms with Crippen molar-refractivity contribution in [2.75, 3.05) is 6.54 Å². The lowest BCUT2D eigenvalue weighted by Crippen LogP contribution is -2.41. The predicted molar refractivity (Wildman–Crippen MR) is 87.7 cm³/mol. The van der Waals surface area contributed by atoms with Gasteiger partial charge in [0.15, 0.2) is 0 Å². The molecule has 2 heterocycles. The summed E-state index contributed by atoms with van der Waals surface area (Å²) in [6, 6.07) is 3.86. The minimum absolute atomic E-state index is 0.0475. The number of nitrogens with zero attached hydrogens (tertiary/aromatic N) is 1. The molecule has 1 aromatic rings. The van der Waals surface area contributed by atoms with Gasteiger partial charge in [-0.1, -0.05) is 12.1 Å². The van der Waals surface area contributed by atoms with Crippen molar-refractivity contribution in [1.29, 1.82) is 0 Å². The SMILES string of the molecule is CC(=O)NCC=Cc1ccc(B2OC(C)(C)C(C)(C)O2)cn1. The average Bonchev–Trinajstić information content (AvgIpc) is 2.64. The molecule has 1 saturated heterocycles. The van der Waals surface area contributed by atoms with Gasteiger partial charge in [0.05, 0.1) is 16.9 Å². The van der Waals surface area contributed by atoms with Gasteiger partial charge >= 0.3 is 7.12 Å². The van der Waals surface area contributed by atoms with Crippen molar-refractivity contribution >= 4 is 24.6 Å². The van der Waals surface area contributed by atoms with Gasteiger partial charge in [0.1, 0.15) is 0 Å². The fraction of sp³-hybridized carbons (Fsp3) is 0.500. The Balaban J connectivity index is 2.00. The van der Waals surface area contributed by atoms with Crippen molar-refractivity contribution in [3.63, 3.8) is 0 Å². The molecule has 0 spiro atoms. The number of amides is 1. The summed E-state index contributed by atoms with van der Waals surface area (Å²) < 4.78 is 12.0. The van der Waals surface area contributed by atoms with Crippen molar-refractivity contribution in [2.45, 2.75) is 45.8 Å². The molecule has 22 heavy (non-hydrogen) atoms. The molecule has 2 rings (SSSR count). The van der Waals surface area contributed by atoms with Gasteiger partial charge < -0.3 is 14.6 Å². The smallest absolute Gasteiger partial charge is 0.399 e. The van der Waals surface area contributed by atoms with Gasteiger partial charge in [-0.3, -0.25) is 9.78 Å². The first-order chi connectivity index (χ1) is 10.2. The zero-order valence-corrected chi connectivity index (χ0v) is 13.8. The third-order valence-electron chi connectivity index (χ3n) is 4.09. The molecule has 0 atom stereocenters. The Morgan fingerprint density at radius 1 is 1.27 bits per heavy atom. The van der Waals surface area contributed by atoms with Crippen LogP contribution in [0.3, 0.4) is 0 Å². The molecular formula is C16H23BN2O3. The van der Waals surface area contributed by atoms with E-state index in [2.05, 4.69) is 10.3 Å². The topological polar surface area (TPSA) is 60.5 Å². The highest BCUT2D eigenvalue weighted by atomic mass is 16.7. The molecule has 1 amide bonds. The lowest BCUT2D eigenvalue weighted by molar-refractivity contribution is -0.118. The quantitative estimate of drug-likeness (QED) is 0.857. The number of rotatable bonds is 4. The van der Waals surface area contributed by atoms with Crippen molar-refractivity contribution in [2.24, 2.45) is 0 Å². The molecule has 0 saturated carbocycles. The van der Waals surface area contributed by atoms with Crippen LogP contribution in [0.5, 0.6) is 0 Å². The van der Waals surface area contributed by atoms with Gasteiger partial charge in [-0.2, -0.15) is 0 Å². The first kappa shape index (κ1) is 16.7. The first-order valence-electron chi connectivity index (χ1n) is 7.44. The number of nitrogens with one attached hydrogen (secondary N) is 1. The summed E-state index contributed by atoms with van der Waals surface area (Å²) in [6.45, 7) is 10.1. The van der Waals surface area contributed by atoms with Gasteiger partial charge in [-0.05, 0) is 39.8 Å². The minimum atomic E-state index is -0.394. The Labute approximate surface area is 132 Å². The maximum Gasteiger partial charge on any atom is 0.496 e. The number of aromatic nitrogens is 1. The summed E-state index contributed by atoms with van der Waals surface area (Å²) >= 11 is 0. The molecule has 0 radical (unpaired) electrons. The standard InChI is InChI=1S/C16H23BN2O3/c1-12(20)18-10-6-7-14-9-8-13(11-19-14)17-21-15(2,3)16(4,5)22-17/h6-9,11H,10H2,1-5H3,(H,18,20). The van der Waals surface area contributed by atoms with Crippen molar-refractivity contribution in [3.8, 4) is 0 Å². The van der Waals surface area contributed by atoms with Crippen LogP contribution in [0.25, 0.3) is 6.08 Å². The van der Waals surface area contributed by atoms with E-state index in [4.69, 9.17) is 9.31 Å². The molecular weight excluding hydrogens is 279 g/mol. The highest BCUT2D eigenvalue weighted by molar-refractivity contribution is 6.62.